The second-order valence-corrected chi connectivity index (χ2v) is 5.05. The Bertz CT molecular complexity index is 341. The molecule has 0 aliphatic carbocycles. The Morgan fingerprint density at radius 1 is 0.412 bits per heavy atom. The average molecular weight is 504 g/mol. The van der Waals surface area contributed by atoms with Gasteiger partial charge in [0.2, 0.25) is 0 Å². The molecule has 0 aromatic heterocycles. The van der Waals surface area contributed by atoms with E-state index in [0.29, 0.717) is 0 Å². The van der Waals surface area contributed by atoms with Crippen LogP contribution in [-0.4, -0.2) is 35.9 Å². The van der Waals surface area contributed by atoms with Crippen molar-refractivity contribution in [3.05, 3.63) is 0 Å². The average Bonchev–Trinajstić information content (AvgIpc) is 1.41. The summed E-state index contributed by atoms with van der Waals surface area (Å²) in [6.07, 6.45) is 0. The first kappa shape index (κ1) is 30.9. The Morgan fingerprint density at radius 2 is 0.412 bits per heavy atom. The molecule has 0 aliphatic heterocycles. The van der Waals surface area contributed by atoms with Gasteiger partial charge in [0.25, 0.3) is 0 Å². The van der Waals surface area contributed by atoms with Crippen LogP contribution in [0.1, 0.15) is 0 Å². The molecular formula is H6As2Cr3O12. The molecule has 2 unspecified atom stereocenters. The number of hydrogen-bond donors (Lipinski definition) is 0. The molecule has 0 rings (SSSR count). The standard InChI is InChI=1S/2AsH3.3Cr.12O/h2*1H3;;;;;;;;;;;;;;;/q2*+3;;;;;;;;;;6*-1. The van der Waals surface area contributed by atoms with Crippen molar-refractivity contribution < 1.29 is 88.6 Å². The Morgan fingerprint density at radius 3 is 0.412 bits per heavy atom. The first-order chi connectivity index (χ1) is 6.00. The van der Waals surface area contributed by atoms with E-state index in [2.05, 4.69) is 0 Å². The van der Waals surface area contributed by atoms with E-state index >= 15 is 0 Å². The predicted octanol–water partition coefficient (Wildman–Crippen LogP) is -10.2. The van der Waals surface area contributed by atoms with Gasteiger partial charge in [-0.25, -0.2) is 0 Å². The van der Waals surface area contributed by atoms with E-state index in [1.165, 1.54) is 0 Å². The minimum absolute atomic E-state index is 0. The number of hydrogen-bond acceptors (Lipinski definition) is 12. The van der Waals surface area contributed by atoms with Gasteiger partial charge in [-0.15, -0.1) is 0 Å². The van der Waals surface area contributed by atoms with Crippen molar-refractivity contribution in [3.63, 3.8) is 0 Å². The summed E-state index contributed by atoms with van der Waals surface area (Å²) in [5, 5.41) is 0. The molecule has 0 aliphatic rings. The quantitative estimate of drug-likeness (QED) is 0.280. The van der Waals surface area contributed by atoms with E-state index in [0.717, 1.165) is 0 Å². The molecule has 2 atom stereocenters. The monoisotopic (exact) mass is 504 g/mol. The van der Waals surface area contributed by atoms with Crippen LogP contribution in [0.4, 0.5) is 0 Å². The summed E-state index contributed by atoms with van der Waals surface area (Å²) in [5.74, 6) is 0. The van der Waals surface area contributed by atoms with Crippen LogP contribution in [0.15, 0.2) is 0 Å². The van der Waals surface area contributed by atoms with Crippen LogP contribution in [0.2, 0.25) is 0 Å². The molecule has 0 bridgehead atoms. The summed E-state index contributed by atoms with van der Waals surface area (Å²) in [4.78, 5) is 0. The third-order valence-corrected chi connectivity index (χ3v) is 0. The molecule has 0 aromatic rings. The van der Waals surface area contributed by atoms with Gasteiger partial charge in [0.15, 0.2) is 0 Å². The van der Waals surface area contributed by atoms with Crippen molar-refractivity contribution in [2.24, 2.45) is 0 Å². The first-order valence-corrected chi connectivity index (χ1v) is 8.25. The molecular weight excluding hydrogens is 498 g/mol. The summed E-state index contributed by atoms with van der Waals surface area (Å²) in [6, 6.07) is 0. The Hall–Kier alpha value is 1.27. The second-order valence-electron chi connectivity index (χ2n) is 1.22. The second kappa shape index (κ2) is 12.3. The fourth-order valence-corrected chi connectivity index (χ4v) is 0. The normalized spacial score (nSPS) is 10.2. The predicted molar refractivity (Wildman–Crippen MR) is 24.0 cm³/mol. The molecule has 17 heteroatoms. The molecule has 0 spiro atoms. The van der Waals surface area contributed by atoms with Gasteiger partial charge in [0, 0.05) is 0 Å². The SMILES string of the molecule is [AsH3+3].[AsH3+3].[O]=[Cr](=[O])([O-])[O-].[O]=[Cr](=[O])([O-])[O-].[O]=[Cr](=[O])([O-])[O-]. The zero-order chi connectivity index (χ0) is 13.5. The summed E-state index contributed by atoms with van der Waals surface area (Å²) in [7, 11) is 0. The van der Waals surface area contributed by atoms with Crippen molar-refractivity contribution in [3.8, 4) is 0 Å². The summed E-state index contributed by atoms with van der Waals surface area (Å²) >= 11 is -17.2. The first-order valence-electron chi connectivity index (χ1n) is 2.00. The van der Waals surface area contributed by atoms with Crippen LogP contribution in [-0.2, 0) is 63.7 Å². The minimum atomic E-state index is -5.75. The summed E-state index contributed by atoms with van der Waals surface area (Å²) in [5.41, 5.74) is 0. The van der Waals surface area contributed by atoms with Crippen LogP contribution in [0, 0.1) is 0 Å². The van der Waals surface area contributed by atoms with E-state index in [9.17, 15) is 0 Å². The van der Waals surface area contributed by atoms with Gasteiger partial charge in [-0.1, -0.05) is 0 Å². The summed E-state index contributed by atoms with van der Waals surface area (Å²) < 4.78 is 103. The van der Waals surface area contributed by atoms with Crippen LogP contribution < -0.4 is 24.9 Å². The van der Waals surface area contributed by atoms with Crippen LogP contribution in [0.5, 0.6) is 0 Å². The van der Waals surface area contributed by atoms with Crippen LogP contribution in [0.3, 0.4) is 0 Å². The van der Waals surface area contributed by atoms with Gasteiger partial charge in [-0.05, 0) is 0 Å². The Balaban J connectivity index is -0.0000000400. The molecule has 17 heavy (non-hydrogen) atoms. The van der Waals surface area contributed by atoms with Crippen molar-refractivity contribution in [1.29, 1.82) is 0 Å². The Kier molecular flexibility index (Phi) is 22.4. The Labute approximate surface area is 123 Å². The zero-order valence-electron chi connectivity index (χ0n) is 7.54. The molecule has 12 nitrogen and oxygen atoms in total. The maximum atomic E-state index is 8.59. The summed E-state index contributed by atoms with van der Waals surface area (Å²) in [6.45, 7) is 0. The van der Waals surface area contributed by atoms with Crippen molar-refractivity contribution in [1.82, 2.24) is 0 Å². The van der Waals surface area contributed by atoms with Crippen LogP contribution in [0.25, 0.3) is 0 Å². The fourth-order valence-electron chi connectivity index (χ4n) is 0. The van der Waals surface area contributed by atoms with E-state index in [4.69, 9.17) is 47.8 Å². The molecule has 0 N–H and O–H groups in total. The molecule has 0 amide bonds. The molecule has 0 aromatic carbocycles. The third kappa shape index (κ3) is 2480. The van der Waals surface area contributed by atoms with Gasteiger partial charge in [0.1, 0.15) is 0 Å². The van der Waals surface area contributed by atoms with E-state index in [-0.39, 0.29) is 35.9 Å². The van der Waals surface area contributed by atoms with E-state index in [1.807, 2.05) is 0 Å². The van der Waals surface area contributed by atoms with Crippen molar-refractivity contribution >= 4 is 35.9 Å². The van der Waals surface area contributed by atoms with Crippen molar-refractivity contribution in [2.45, 2.75) is 0 Å². The molecule has 0 heterocycles. The molecule has 0 fully saturated rings. The fraction of sp³-hybridized carbons (Fsp3) is 0. The van der Waals surface area contributed by atoms with E-state index in [1.54, 1.807) is 0 Å². The van der Waals surface area contributed by atoms with E-state index < -0.39 is 40.8 Å². The molecule has 106 valence electrons. The molecule has 0 saturated heterocycles. The topological polar surface area (TPSA) is 241 Å². The van der Waals surface area contributed by atoms with Gasteiger partial charge < -0.3 is 0 Å². The van der Waals surface area contributed by atoms with Gasteiger partial charge in [-0.2, -0.15) is 0 Å². The van der Waals surface area contributed by atoms with Gasteiger partial charge >= 0.3 is 125 Å². The third-order valence-electron chi connectivity index (χ3n) is 0. The van der Waals surface area contributed by atoms with Gasteiger partial charge in [0.05, 0.1) is 0 Å². The maximum absolute atomic E-state index is 8.59. The zero-order valence-corrected chi connectivity index (χ0v) is 17.3. The van der Waals surface area contributed by atoms with Crippen LogP contribution >= 0.6 is 0 Å². The number of rotatable bonds is 0. The molecule has 6 radical (unpaired) electrons. The van der Waals surface area contributed by atoms with Crippen molar-refractivity contribution in [2.75, 3.05) is 0 Å². The molecule has 0 saturated carbocycles. The van der Waals surface area contributed by atoms with Gasteiger partial charge in [-0.3, -0.25) is 0 Å².